The van der Waals surface area contributed by atoms with Gasteiger partial charge in [-0.25, -0.2) is 4.79 Å². The number of H-pyrrole nitrogens is 1. The van der Waals surface area contributed by atoms with Crippen molar-refractivity contribution in [1.29, 1.82) is 0 Å². The van der Waals surface area contributed by atoms with Gasteiger partial charge in [0.05, 0.1) is 11.6 Å². The Labute approximate surface area is 100 Å². The van der Waals surface area contributed by atoms with Crippen molar-refractivity contribution in [2.75, 3.05) is 6.54 Å². The van der Waals surface area contributed by atoms with E-state index in [0.717, 1.165) is 5.56 Å². The van der Waals surface area contributed by atoms with Gasteiger partial charge >= 0.3 is 17.6 Å². The van der Waals surface area contributed by atoms with Crippen molar-refractivity contribution in [2.24, 2.45) is 0 Å². The van der Waals surface area contributed by atoms with E-state index in [2.05, 4.69) is 15.6 Å². The van der Waals surface area contributed by atoms with Crippen LogP contribution in [0.4, 0.5) is 0 Å². The van der Waals surface area contributed by atoms with Gasteiger partial charge in [-0.1, -0.05) is 6.07 Å². The van der Waals surface area contributed by atoms with Gasteiger partial charge in [0.15, 0.2) is 5.58 Å². The van der Waals surface area contributed by atoms with E-state index in [0.29, 0.717) is 17.6 Å². The topological polar surface area (TPSA) is 104 Å². The van der Waals surface area contributed by atoms with Gasteiger partial charge in [0.2, 0.25) is 0 Å². The lowest BCUT2D eigenvalue weighted by Gasteiger charge is -2.23. The molecule has 0 spiro atoms. The Morgan fingerprint density at radius 3 is 2.78 bits per heavy atom. The van der Waals surface area contributed by atoms with E-state index in [1.165, 1.54) is 0 Å². The van der Waals surface area contributed by atoms with Crippen molar-refractivity contribution in [2.45, 2.75) is 6.04 Å². The number of piperazine rings is 1. The van der Waals surface area contributed by atoms with Crippen LogP contribution in [0.5, 0.6) is 0 Å². The number of aromatic amines is 1. The fraction of sp³-hybridized carbons (Fsp3) is 0.182. The third-order valence-corrected chi connectivity index (χ3v) is 2.83. The van der Waals surface area contributed by atoms with Crippen molar-refractivity contribution < 1.29 is 14.0 Å². The van der Waals surface area contributed by atoms with Crippen LogP contribution in [0.15, 0.2) is 27.4 Å². The van der Waals surface area contributed by atoms with Crippen LogP contribution in [0.25, 0.3) is 11.1 Å². The second-order valence-electron chi connectivity index (χ2n) is 4.01. The van der Waals surface area contributed by atoms with Crippen LogP contribution >= 0.6 is 0 Å². The summed E-state index contributed by atoms with van der Waals surface area (Å²) in [5.41, 5.74) is 1.78. The molecule has 1 fully saturated rings. The van der Waals surface area contributed by atoms with Crippen molar-refractivity contribution in [3.8, 4) is 0 Å². The minimum Gasteiger partial charge on any atom is -0.408 e. The second kappa shape index (κ2) is 3.73. The number of carbonyl (C=O) groups is 2. The standard InChI is InChI=1S/C11H9N3O4/c15-9-10(16)13-7(4-12-9)5-1-2-6-8(3-5)18-11(17)14-6/h1-3,7H,4H2,(H,12,15)(H,13,16)(H,14,17). The maximum absolute atomic E-state index is 11.2. The van der Waals surface area contributed by atoms with E-state index >= 15 is 0 Å². The van der Waals surface area contributed by atoms with Gasteiger partial charge in [0, 0.05) is 6.54 Å². The minimum absolute atomic E-state index is 0.310. The second-order valence-corrected chi connectivity index (χ2v) is 4.01. The van der Waals surface area contributed by atoms with Crippen LogP contribution in [0.1, 0.15) is 11.6 Å². The average Bonchev–Trinajstić information content (AvgIpc) is 2.71. The van der Waals surface area contributed by atoms with E-state index in [-0.39, 0.29) is 6.04 Å². The Morgan fingerprint density at radius 1 is 1.17 bits per heavy atom. The third-order valence-electron chi connectivity index (χ3n) is 2.83. The monoisotopic (exact) mass is 247 g/mol. The van der Waals surface area contributed by atoms with E-state index in [1.807, 2.05) is 0 Å². The molecule has 1 unspecified atom stereocenters. The molecule has 1 aromatic heterocycles. The molecular formula is C11H9N3O4. The molecule has 1 aliphatic heterocycles. The molecule has 1 aromatic carbocycles. The molecular weight excluding hydrogens is 238 g/mol. The first kappa shape index (κ1) is 10.6. The van der Waals surface area contributed by atoms with Gasteiger partial charge in [-0.2, -0.15) is 0 Å². The van der Waals surface area contributed by atoms with Crippen LogP contribution in [-0.4, -0.2) is 23.3 Å². The summed E-state index contributed by atoms with van der Waals surface area (Å²) in [6.07, 6.45) is 0. The van der Waals surface area contributed by atoms with Gasteiger partial charge in [0.1, 0.15) is 0 Å². The SMILES string of the molecule is O=C1NCC(c2ccc3[nH]c(=O)oc3c2)NC1=O. The molecule has 1 aliphatic rings. The highest BCUT2D eigenvalue weighted by atomic mass is 16.4. The zero-order valence-corrected chi connectivity index (χ0v) is 9.15. The number of fused-ring (bicyclic) bond motifs is 1. The number of carbonyl (C=O) groups excluding carboxylic acids is 2. The fourth-order valence-electron chi connectivity index (χ4n) is 1.93. The van der Waals surface area contributed by atoms with Gasteiger partial charge < -0.3 is 15.1 Å². The molecule has 2 aromatic rings. The summed E-state index contributed by atoms with van der Waals surface area (Å²) in [6, 6.07) is 4.80. The van der Waals surface area contributed by atoms with Gasteiger partial charge in [0.25, 0.3) is 0 Å². The smallest absolute Gasteiger partial charge is 0.408 e. The molecule has 18 heavy (non-hydrogen) atoms. The first-order chi connectivity index (χ1) is 8.63. The number of oxazole rings is 1. The number of hydrogen-bond acceptors (Lipinski definition) is 4. The van der Waals surface area contributed by atoms with E-state index in [9.17, 15) is 14.4 Å². The summed E-state index contributed by atoms with van der Waals surface area (Å²) in [6.45, 7) is 0.310. The van der Waals surface area contributed by atoms with Crippen LogP contribution in [0.3, 0.4) is 0 Å². The Hall–Kier alpha value is -2.57. The number of rotatable bonds is 1. The number of benzene rings is 1. The van der Waals surface area contributed by atoms with Crippen molar-refractivity contribution in [3.63, 3.8) is 0 Å². The lowest BCUT2D eigenvalue weighted by molar-refractivity contribution is -0.141. The number of aromatic nitrogens is 1. The molecule has 2 amide bonds. The summed E-state index contributed by atoms with van der Waals surface area (Å²) in [4.78, 5) is 35.8. The van der Waals surface area contributed by atoms with Crippen LogP contribution in [-0.2, 0) is 9.59 Å². The zero-order chi connectivity index (χ0) is 12.7. The van der Waals surface area contributed by atoms with Crippen LogP contribution < -0.4 is 16.4 Å². The maximum Gasteiger partial charge on any atom is 0.417 e. The van der Waals surface area contributed by atoms with Crippen LogP contribution in [0.2, 0.25) is 0 Å². The molecule has 1 atom stereocenters. The molecule has 2 heterocycles. The number of nitrogens with one attached hydrogen (secondary N) is 3. The summed E-state index contributed by atoms with van der Waals surface area (Å²) in [5.74, 6) is -1.83. The Bertz CT molecular complexity index is 700. The first-order valence-electron chi connectivity index (χ1n) is 5.35. The fourth-order valence-corrected chi connectivity index (χ4v) is 1.93. The molecule has 0 bridgehead atoms. The van der Waals surface area contributed by atoms with Gasteiger partial charge in [-0.15, -0.1) is 0 Å². The lowest BCUT2D eigenvalue weighted by atomic mass is 10.0. The average molecular weight is 247 g/mol. The summed E-state index contributed by atoms with van der Waals surface area (Å²) >= 11 is 0. The van der Waals surface area contributed by atoms with Crippen LogP contribution in [0, 0.1) is 0 Å². The predicted molar refractivity (Wildman–Crippen MR) is 60.7 cm³/mol. The first-order valence-corrected chi connectivity index (χ1v) is 5.35. The largest absolute Gasteiger partial charge is 0.417 e. The molecule has 3 rings (SSSR count). The Morgan fingerprint density at radius 2 is 2.00 bits per heavy atom. The molecule has 0 radical (unpaired) electrons. The molecule has 0 saturated carbocycles. The van der Waals surface area contributed by atoms with E-state index in [4.69, 9.17) is 4.42 Å². The normalized spacial score (nSPS) is 19.7. The molecule has 0 aliphatic carbocycles. The van der Waals surface area contributed by atoms with Gasteiger partial charge in [-0.05, 0) is 17.7 Å². The maximum atomic E-state index is 11.2. The molecule has 92 valence electrons. The third kappa shape index (κ3) is 1.65. The molecule has 7 nitrogen and oxygen atoms in total. The molecule has 7 heteroatoms. The highest BCUT2D eigenvalue weighted by Gasteiger charge is 2.26. The highest BCUT2D eigenvalue weighted by Crippen LogP contribution is 2.19. The predicted octanol–water partition coefficient (Wildman–Crippen LogP) is -0.592. The summed E-state index contributed by atoms with van der Waals surface area (Å²) < 4.78 is 4.94. The lowest BCUT2D eigenvalue weighted by Crippen LogP contribution is -2.51. The Kier molecular flexibility index (Phi) is 2.19. The summed E-state index contributed by atoms with van der Waals surface area (Å²) in [5, 5.41) is 5.06. The van der Waals surface area contributed by atoms with E-state index in [1.54, 1.807) is 18.2 Å². The summed E-state index contributed by atoms with van der Waals surface area (Å²) in [7, 11) is 0. The number of hydrogen-bond donors (Lipinski definition) is 3. The quantitative estimate of drug-likeness (QED) is 0.586. The zero-order valence-electron chi connectivity index (χ0n) is 9.15. The van der Waals surface area contributed by atoms with Crippen molar-refractivity contribution in [1.82, 2.24) is 15.6 Å². The molecule has 3 N–H and O–H groups in total. The Balaban J connectivity index is 1.96. The highest BCUT2D eigenvalue weighted by molar-refractivity contribution is 6.35. The minimum atomic E-state index is -0.665. The van der Waals surface area contributed by atoms with Crippen molar-refractivity contribution >= 4 is 22.9 Å². The number of amides is 2. The van der Waals surface area contributed by atoms with Gasteiger partial charge in [-0.3, -0.25) is 14.6 Å². The van der Waals surface area contributed by atoms with Crippen molar-refractivity contribution in [3.05, 3.63) is 34.3 Å². The molecule has 1 saturated heterocycles. The van der Waals surface area contributed by atoms with E-state index < -0.39 is 17.6 Å².